The van der Waals surface area contributed by atoms with E-state index >= 15 is 0 Å². The molecule has 3 aliphatic carbocycles. The van der Waals surface area contributed by atoms with E-state index in [1.165, 1.54) is 0 Å². The molecule has 6 unspecified atom stereocenters. The summed E-state index contributed by atoms with van der Waals surface area (Å²) in [6, 6.07) is -0.641. The molecule has 200 valence electrons. The highest BCUT2D eigenvalue weighted by molar-refractivity contribution is 6.02. The number of carbonyl (C=O) groups is 2. The highest BCUT2D eigenvalue weighted by atomic mass is 19.3. The fourth-order valence-corrected chi connectivity index (χ4v) is 7.64. The van der Waals surface area contributed by atoms with Gasteiger partial charge in [0.1, 0.15) is 29.2 Å². The molecule has 6 atom stereocenters. The lowest BCUT2D eigenvalue weighted by atomic mass is 9.65. The number of oxazole rings is 1. The van der Waals surface area contributed by atoms with Gasteiger partial charge in [-0.15, -0.1) is 0 Å². The molecule has 9 nitrogen and oxygen atoms in total. The van der Waals surface area contributed by atoms with Crippen molar-refractivity contribution in [3.8, 4) is 0 Å². The Morgan fingerprint density at radius 1 is 1.14 bits per heavy atom. The molecule has 2 amide bonds. The third-order valence-corrected chi connectivity index (χ3v) is 9.26. The van der Waals surface area contributed by atoms with Crippen LogP contribution in [0.1, 0.15) is 50.6 Å². The number of carbonyl (C=O) groups excluding carboxylic acids is 2. The monoisotopic (exact) mass is 512 g/mol. The summed E-state index contributed by atoms with van der Waals surface area (Å²) in [5, 5.41) is 15.2. The first-order valence-corrected chi connectivity index (χ1v) is 12.7. The van der Waals surface area contributed by atoms with Crippen LogP contribution in [0.4, 0.5) is 13.2 Å². The number of alkyl halides is 3. The van der Waals surface area contributed by atoms with Crippen LogP contribution < -0.4 is 26.6 Å². The van der Waals surface area contributed by atoms with Gasteiger partial charge >= 0.3 is 0 Å². The summed E-state index contributed by atoms with van der Waals surface area (Å²) in [4.78, 5) is 31.9. The number of hydrogen-bond donors (Lipinski definition) is 5. The van der Waals surface area contributed by atoms with Gasteiger partial charge in [-0.05, 0) is 70.0 Å². The first kappa shape index (κ1) is 25.5. The number of hydrogen-bond acceptors (Lipinski definition) is 7. The Morgan fingerprint density at radius 3 is 2.31 bits per heavy atom. The minimum Gasteiger partial charge on any atom is -0.447 e. The Kier molecular flexibility index (Phi) is 6.15. The van der Waals surface area contributed by atoms with Gasteiger partial charge in [0.15, 0.2) is 0 Å². The second kappa shape index (κ2) is 8.70. The molecule has 4 aliphatic rings. The number of piperidine rings is 1. The minimum atomic E-state index is -3.16. The van der Waals surface area contributed by atoms with Crippen LogP contribution in [0.2, 0.25) is 0 Å². The van der Waals surface area contributed by atoms with Crippen LogP contribution >= 0.6 is 0 Å². The summed E-state index contributed by atoms with van der Waals surface area (Å²) in [5.41, 5.74) is -3.30. The van der Waals surface area contributed by atoms with Crippen molar-refractivity contribution >= 4 is 11.8 Å². The van der Waals surface area contributed by atoms with Crippen LogP contribution in [0.5, 0.6) is 0 Å². The average molecular weight is 513 g/mol. The molecule has 0 aromatic carbocycles. The van der Waals surface area contributed by atoms with Crippen molar-refractivity contribution in [3.05, 3.63) is 17.8 Å². The van der Waals surface area contributed by atoms with E-state index in [1.54, 1.807) is 14.1 Å². The smallest absolute Gasteiger partial charge is 0.290 e. The van der Waals surface area contributed by atoms with E-state index in [0.29, 0.717) is 13.0 Å². The summed E-state index contributed by atoms with van der Waals surface area (Å²) in [6.45, 7) is 1.28. The Morgan fingerprint density at radius 2 is 1.78 bits per heavy atom. The topological polar surface area (TPSA) is 120 Å². The van der Waals surface area contributed by atoms with Gasteiger partial charge in [-0.2, -0.15) is 8.78 Å². The summed E-state index contributed by atoms with van der Waals surface area (Å²) in [5.74, 6) is -4.25. The highest BCUT2D eigenvalue weighted by Gasteiger charge is 2.84. The van der Waals surface area contributed by atoms with Gasteiger partial charge in [0.05, 0.1) is 12.6 Å². The van der Waals surface area contributed by atoms with Gasteiger partial charge in [0.25, 0.3) is 5.92 Å². The van der Waals surface area contributed by atoms with Crippen molar-refractivity contribution in [3.63, 3.8) is 0 Å². The van der Waals surface area contributed by atoms with Crippen molar-refractivity contribution in [2.24, 2.45) is 17.3 Å². The molecular weight excluding hydrogens is 477 g/mol. The molecule has 2 heterocycles. The predicted octanol–water partition coefficient (Wildman–Crippen LogP) is 0.955. The molecule has 5 N–H and O–H groups in total. The summed E-state index contributed by atoms with van der Waals surface area (Å²) in [7, 11) is 3.34. The zero-order valence-corrected chi connectivity index (χ0v) is 20.8. The van der Waals surface area contributed by atoms with Gasteiger partial charge in [-0.3, -0.25) is 9.59 Å². The Bertz CT molecular complexity index is 1030. The lowest BCUT2D eigenvalue weighted by molar-refractivity contribution is -0.146. The first-order chi connectivity index (χ1) is 17.1. The van der Waals surface area contributed by atoms with Crippen LogP contribution in [-0.4, -0.2) is 67.3 Å². The number of aromatic nitrogens is 1. The Labute approximate surface area is 208 Å². The molecular formula is C24H35F3N6O3. The van der Waals surface area contributed by atoms with E-state index in [-0.39, 0.29) is 42.1 Å². The van der Waals surface area contributed by atoms with E-state index in [1.807, 2.05) is 0 Å². The lowest BCUT2D eigenvalue weighted by Gasteiger charge is -2.51. The van der Waals surface area contributed by atoms with Gasteiger partial charge in [0, 0.05) is 13.5 Å². The maximum atomic E-state index is 14.6. The van der Waals surface area contributed by atoms with E-state index < -0.39 is 40.8 Å². The molecule has 1 spiro atoms. The van der Waals surface area contributed by atoms with Gasteiger partial charge < -0.3 is 31.0 Å². The van der Waals surface area contributed by atoms with Gasteiger partial charge in [0.2, 0.25) is 17.7 Å². The summed E-state index contributed by atoms with van der Waals surface area (Å²) in [6.07, 6.45) is 3.52. The van der Waals surface area contributed by atoms with Crippen molar-refractivity contribution in [1.29, 1.82) is 0 Å². The van der Waals surface area contributed by atoms with Crippen molar-refractivity contribution in [2.45, 2.75) is 74.8 Å². The van der Waals surface area contributed by atoms with Crippen molar-refractivity contribution < 1.29 is 27.2 Å². The molecule has 36 heavy (non-hydrogen) atoms. The number of likely N-dealkylation sites (N-methyl/N-ethyl adjacent to an activating group) is 2. The second-order valence-electron chi connectivity index (χ2n) is 10.8. The molecule has 5 rings (SSSR count). The predicted molar refractivity (Wildman–Crippen MR) is 124 cm³/mol. The van der Waals surface area contributed by atoms with E-state index in [4.69, 9.17) is 4.42 Å². The molecule has 3 saturated carbocycles. The summed E-state index contributed by atoms with van der Waals surface area (Å²) >= 11 is 0. The van der Waals surface area contributed by atoms with Crippen LogP contribution in [0.3, 0.4) is 0 Å². The van der Waals surface area contributed by atoms with Crippen LogP contribution in [0.25, 0.3) is 0 Å². The Balaban J connectivity index is 1.46. The Hall–Kier alpha value is -2.18. The number of rotatable bonds is 8. The molecule has 1 aromatic heterocycles. The molecule has 1 aliphatic heterocycles. The molecule has 4 fully saturated rings. The average Bonchev–Trinajstić information content (AvgIpc) is 3.24. The number of nitrogens with zero attached hydrogens (tertiary/aromatic N) is 1. The largest absolute Gasteiger partial charge is 0.447 e. The number of amides is 2. The van der Waals surface area contributed by atoms with Gasteiger partial charge in [-0.1, -0.05) is 0 Å². The van der Waals surface area contributed by atoms with E-state index in [2.05, 4.69) is 31.6 Å². The SMILES string of the molecule is CNC1(C(=O)NCc2nc(C(C)(F)F)co2)C2CCC(C23CC3)C1(NC)C(=O)NC1CCNCC1F. The van der Waals surface area contributed by atoms with Gasteiger partial charge in [-0.25, -0.2) is 9.37 Å². The van der Waals surface area contributed by atoms with E-state index in [9.17, 15) is 22.8 Å². The van der Waals surface area contributed by atoms with Crippen molar-refractivity contribution in [2.75, 3.05) is 27.2 Å². The van der Waals surface area contributed by atoms with E-state index in [0.717, 1.165) is 38.9 Å². The molecule has 1 saturated heterocycles. The summed E-state index contributed by atoms with van der Waals surface area (Å²) < 4.78 is 46.9. The maximum Gasteiger partial charge on any atom is 0.290 e. The zero-order valence-electron chi connectivity index (χ0n) is 20.8. The normalized spacial score (nSPS) is 36.7. The zero-order chi connectivity index (χ0) is 25.9. The third-order valence-electron chi connectivity index (χ3n) is 9.26. The molecule has 2 bridgehead atoms. The maximum absolute atomic E-state index is 14.6. The second-order valence-corrected chi connectivity index (χ2v) is 10.8. The van der Waals surface area contributed by atoms with Crippen LogP contribution in [0, 0.1) is 17.3 Å². The fourth-order valence-electron chi connectivity index (χ4n) is 7.64. The third kappa shape index (κ3) is 3.43. The number of nitrogens with one attached hydrogen (secondary N) is 5. The quantitative estimate of drug-likeness (QED) is 0.352. The minimum absolute atomic E-state index is 0.0510. The standard InChI is InChI=1S/C24H35F3N6O3/c1-21(26,27)17-12-36-18(33-17)11-31-19(34)23(28-2)15-4-5-16(22(15)7-8-22)24(23,29-3)20(35)32-14-6-9-30-10-13(14)25/h12-16,28-30H,4-11H2,1-3H3,(H,31,34)(H,32,35). The van der Waals surface area contributed by atoms with Crippen molar-refractivity contribution in [1.82, 2.24) is 31.6 Å². The molecule has 1 aromatic rings. The number of halogens is 3. The first-order valence-electron chi connectivity index (χ1n) is 12.7. The highest BCUT2D eigenvalue weighted by Crippen LogP contribution is 2.76. The fraction of sp³-hybridized carbons (Fsp3) is 0.792. The molecule has 12 heteroatoms. The molecule has 0 radical (unpaired) electrons. The van der Waals surface area contributed by atoms with Crippen LogP contribution in [0.15, 0.2) is 10.7 Å². The van der Waals surface area contributed by atoms with Crippen LogP contribution in [-0.2, 0) is 22.1 Å². The lowest BCUT2D eigenvalue weighted by Crippen LogP contribution is -2.81.